The maximum atomic E-state index is 12.0. The number of hydrogen-bond acceptors (Lipinski definition) is 5. The van der Waals surface area contributed by atoms with Crippen molar-refractivity contribution < 1.29 is 24.3 Å². The monoisotopic (exact) mass is 302 g/mol. The van der Waals surface area contributed by atoms with E-state index in [9.17, 15) is 14.8 Å². The fraction of sp³-hybridized carbons (Fsp3) is 0.312. The molecule has 1 aromatic carbocycles. The Labute approximate surface area is 130 Å². The van der Waals surface area contributed by atoms with Gasteiger partial charge in [-0.15, -0.1) is 0 Å². The molecule has 0 saturated heterocycles. The number of hydrogen-bond donors (Lipinski definition) is 2. The Bertz CT molecular complexity index is 567. The van der Waals surface area contributed by atoms with Crippen molar-refractivity contribution in [1.29, 1.82) is 0 Å². The lowest BCUT2D eigenvalue weighted by Crippen LogP contribution is -2.44. The van der Waals surface area contributed by atoms with Crippen LogP contribution < -0.4 is 0 Å². The van der Waals surface area contributed by atoms with Crippen LogP contribution in [0.15, 0.2) is 54.0 Å². The zero-order chi connectivity index (χ0) is 16.0. The van der Waals surface area contributed by atoms with Gasteiger partial charge in [0.15, 0.2) is 0 Å². The third kappa shape index (κ3) is 3.93. The number of ether oxygens (including phenoxy) is 2. The van der Waals surface area contributed by atoms with Gasteiger partial charge in [-0.05, 0) is 36.0 Å². The Morgan fingerprint density at radius 3 is 2.55 bits per heavy atom. The molecule has 0 radical (unpaired) electrons. The van der Waals surface area contributed by atoms with E-state index in [2.05, 4.69) is 0 Å². The normalized spacial score (nSPS) is 20.9. The third-order valence-electron chi connectivity index (χ3n) is 3.50. The van der Waals surface area contributed by atoms with Crippen molar-refractivity contribution in [3.63, 3.8) is 0 Å². The van der Waals surface area contributed by atoms with E-state index in [4.69, 9.17) is 9.47 Å². The van der Waals surface area contributed by atoms with Crippen LogP contribution in [-0.4, -0.2) is 42.5 Å². The number of allylic oxidation sites excluding steroid dienone is 2. The van der Waals surface area contributed by atoms with Gasteiger partial charge in [-0.25, -0.2) is 0 Å². The number of methoxy groups -OCH3 is 1. The Balaban J connectivity index is 1.96. The largest absolute Gasteiger partial charge is 0.488 e. The number of aryl methyl sites for hydroxylation is 1. The Kier molecular flexibility index (Phi) is 5.68. The highest BCUT2D eigenvalue weighted by Crippen LogP contribution is 2.24. The minimum Gasteiger partial charge on any atom is -0.423 e. The van der Waals surface area contributed by atoms with Crippen molar-refractivity contribution in [3.8, 4) is 0 Å². The van der Waals surface area contributed by atoms with Crippen LogP contribution in [0.2, 0.25) is 0 Å². The second-order valence-electron chi connectivity index (χ2n) is 5.02. The minimum absolute atomic E-state index is 0.171. The average Bonchev–Trinajstić information content (AvgIpc) is 2.54. The summed E-state index contributed by atoms with van der Waals surface area (Å²) in [5.41, 5.74) is 1.36. The molecular weight excluding hydrogens is 283 g/mol. The molecule has 1 unspecified atom stereocenters. The van der Waals surface area contributed by atoms with Crippen molar-refractivity contribution in [2.75, 3.05) is 13.7 Å². The Morgan fingerprint density at radius 1 is 1.18 bits per heavy atom. The molecule has 0 fully saturated rings. The van der Waals surface area contributed by atoms with Gasteiger partial charge in [-0.3, -0.25) is 4.79 Å². The van der Waals surface area contributed by atoms with Gasteiger partial charge in [0.1, 0.15) is 0 Å². The maximum absolute atomic E-state index is 12.0. The van der Waals surface area contributed by atoms with Crippen LogP contribution in [0.4, 0.5) is 0 Å². The lowest BCUT2D eigenvalue weighted by Gasteiger charge is -2.29. The van der Waals surface area contributed by atoms with E-state index in [1.54, 1.807) is 0 Å². The van der Waals surface area contributed by atoms with Crippen molar-refractivity contribution in [2.24, 2.45) is 0 Å². The van der Waals surface area contributed by atoms with Crippen molar-refractivity contribution in [2.45, 2.75) is 18.6 Å². The number of ketones is 1. The first-order valence-electron chi connectivity index (χ1n) is 7.12. The van der Waals surface area contributed by atoms with Crippen LogP contribution in [0.3, 0.4) is 0 Å². The quantitative estimate of drug-likeness (QED) is 0.447. The van der Waals surface area contributed by atoms with Gasteiger partial charge >= 0.3 is 7.12 Å². The van der Waals surface area contributed by atoms with Crippen LogP contribution in [0.5, 0.6) is 0 Å². The van der Waals surface area contributed by atoms with Crippen molar-refractivity contribution in [1.82, 2.24) is 0 Å². The molecule has 1 aliphatic rings. The first-order valence-corrected chi connectivity index (χ1v) is 7.12. The number of rotatable bonds is 7. The van der Waals surface area contributed by atoms with E-state index in [-0.39, 0.29) is 11.3 Å². The summed E-state index contributed by atoms with van der Waals surface area (Å²) in [5, 5.41) is 18.5. The topological polar surface area (TPSA) is 76.0 Å². The molecule has 0 spiro atoms. The van der Waals surface area contributed by atoms with Gasteiger partial charge in [-0.1, -0.05) is 36.4 Å². The van der Waals surface area contributed by atoms with E-state index in [1.807, 2.05) is 30.3 Å². The van der Waals surface area contributed by atoms with E-state index >= 15 is 0 Å². The van der Waals surface area contributed by atoms with Crippen molar-refractivity contribution >= 4 is 12.9 Å². The molecule has 116 valence electrons. The SMILES string of the molecule is COC1(OCCCc2ccccc2)C=C(B(O)O)C=CC1=O. The molecule has 1 aromatic rings. The van der Waals surface area contributed by atoms with Gasteiger partial charge in [0.05, 0.1) is 6.61 Å². The van der Waals surface area contributed by atoms with E-state index in [0.29, 0.717) is 6.61 Å². The predicted octanol–water partition coefficient (Wildman–Crippen LogP) is 1.06. The lowest BCUT2D eigenvalue weighted by molar-refractivity contribution is -0.192. The molecule has 0 aliphatic heterocycles. The van der Waals surface area contributed by atoms with E-state index in [1.165, 1.54) is 30.9 Å². The molecule has 5 nitrogen and oxygen atoms in total. The summed E-state index contributed by atoms with van der Waals surface area (Å²) in [6, 6.07) is 9.96. The molecular formula is C16H19BO5. The smallest absolute Gasteiger partial charge is 0.423 e. The summed E-state index contributed by atoms with van der Waals surface area (Å²) in [6.45, 7) is 0.313. The summed E-state index contributed by atoms with van der Waals surface area (Å²) >= 11 is 0. The fourth-order valence-corrected chi connectivity index (χ4v) is 2.26. The number of benzene rings is 1. The molecule has 22 heavy (non-hydrogen) atoms. The van der Waals surface area contributed by atoms with Gasteiger partial charge in [0.25, 0.3) is 5.79 Å². The molecule has 0 amide bonds. The standard InChI is InChI=1S/C16H19BO5/c1-21-16(12-14(17(19)20)9-10-15(16)18)22-11-5-8-13-6-3-2-4-7-13/h2-4,6-7,9-10,12,19-20H,5,8,11H2,1H3. The molecule has 0 bridgehead atoms. The maximum Gasteiger partial charge on any atom is 0.488 e. The molecule has 0 heterocycles. The predicted molar refractivity (Wildman–Crippen MR) is 82.9 cm³/mol. The summed E-state index contributed by atoms with van der Waals surface area (Å²) < 4.78 is 10.8. The molecule has 2 rings (SSSR count). The number of carbonyl (C=O) groups excluding carboxylic acids is 1. The number of carbonyl (C=O) groups is 1. The van der Waals surface area contributed by atoms with E-state index < -0.39 is 12.9 Å². The van der Waals surface area contributed by atoms with Gasteiger partial charge < -0.3 is 19.5 Å². The Morgan fingerprint density at radius 2 is 1.91 bits per heavy atom. The van der Waals surface area contributed by atoms with Crippen molar-refractivity contribution in [3.05, 3.63) is 59.6 Å². The summed E-state index contributed by atoms with van der Waals surface area (Å²) in [4.78, 5) is 12.0. The van der Waals surface area contributed by atoms with Crippen LogP contribution >= 0.6 is 0 Å². The average molecular weight is 302 g/mol. The van der Waals surface area contributed by atoms with Gasteiger partial charge in [0, 0.05) is 7.11 Å². The molecule has 1 aliphatic carbocycles. The fourth-order valence-electron chi connectivity index (χ4n) is 2.26. The Hall–Kier alpha value is -1.73. The van der Waals surface area contributed by atoms with Crippen LogP contribution in [0.1, 0.15) is 12.0 Å². The van der Waals surface area contributed by atoms with Crippen LogP contribution in [0.25, 0.3) is 0 Å². The van der Waals surface area contributed by atoms with Gasteiger partial charge in [0.2, 0.25) is 5.78 Å². The first kappa shape index (κ1) is 16.6. The van der Waals surface area contributed by atoms with Crippen LogP contribution in [-0.2, 0) is 20.7 Å². The molecule has 0 aromatic heterocycles. The zero-order valence-electron chi connectivity index (χ0n) is 12.4. The molecule has 0 saturated carbocycles. The molecule has 6 heteroatoms. The van der Waals surface area contributed by atoms with Gasteiger partial charge in [-0.2, -0.15) is 0 Å². The highest BCUT2D eigenvalue weighted by molar-refractivity contribution is 6.52. The van der Waals surface area contributed by atoms with Crippen LogP contribution in [0, 0.1) is 0 Å². The molecule has 2 N–H and O–H groups in total. The highest BCUT2D eigenvalue weighted by atomic mass is 16.7. The first-order chi connectivity index (χ1) is 10.6. The summed E-state index contributed by atoms with van der Waals surface area (Å²) in [5.74, 6) is -1.95. The molecule has 1 atom stereocenters. The second-order valence-corrected chi connectivity index (χ2v) is 5.02. The lowest BCUT2D eigenvalue weighted by atomic mass is 9.75. The summed E-state index contributed by atoms with van der Waals surface area (Å²) in [7, 11) is -0.321. The zero-order valence-corrected chi connectivity index (χ0v) is 12.4. The third-order valence-corrected chi connectivity index (χ3v) is 3.50. The highest BCUT2D eigenvalue weighted by Gasteiger charge is 2.39. The van der Waals surface area contributed by atoms with E-state index in [0.717, 1.165) is 12.8 Å². The summed E-state index contributed by atoms with van der Waals surface area (Å²) in [6.07, 6.45) is 5.43. The minimum atomic E-state index is -1.67. The second kappa shape index (κ2) is 7.51.